The van der Waals surface area contributed by atoms with Crippen LogP contribution in [0, 0.1) is 5.92 Å². The topological polar surface area (TPSA) is 50.4 Å². The fraction of sp³-hybridized carbons (Fsp3) is 0.875. The van der Waals surface area contributed by atoms with Gasteiger partial charge in [-0.25, -0.2) is 0 Å². The average Bonchev–Trinajstić information content (AvgIpc) is 2.69. The molecule has 1 saturated carbocycles. The van der Waals surface area contributed by atoms with Gasteiger partial charge in [-0.1, -0.05) is 13.3 Å². The Morgan fingerprint density at radius 1 is 1.73 bits per heavy atom. The van der Waals surface area contributed by atoms with Crippen molar-refractivity contribution in [2.75, 3.05) is 7.05 Å². The second-order valence-electron chi connectivity index (χ2n) is 3.14. The van der Waals surface area contributed by atoms with Crippen LogP contribution in [-0.4, -0.2) is 19.0 Å². The molecule has 0 aliphatic heterocycles. The third-order valence-electron chi connectivity index (χ3n) is 2.16. The first-order valence-electron chi connectivity index (χ1n) is 4.26. The second-order valence-corrected chi connectivity index (χ2v) is 3.14. The lowest BCUT2D eigenvalue weighted by molar-refractivity contribution is 0.662. The molecule has 3 N–H and O–H groups in total. The molecule has 64 valence electrons. The van der Waals surface area contributed by atoms with Crippen molar-refractivity contribution in [1.29, 1.82) is 0 Å². The lowest BCUT2D eigenvalue weighted by Gasteiger charge is -2.02. The SMILES string of the molecule is CCCC1CC1NC(N)=NC. The number of nitrogens with zero attached hydrogens (tertiary/aromatic N) is 1. The molecule has 0 heterocycles. The van der Waals surface area contributed by atoms with Gasteiger partial charge in [0, 0.05) is 13.1 Å². The Bertz CT molecular complexity index is 153. The number of nitrogens with one attached hydrogen (secondary N) is 1. The second kappa shape index (κ2) is 3.60. The van der Waals surface area contributed by atoms with Crippen molar-refractivity contribution in [3.63, 3.8) is 0 Å². The van der Waals surface area contributed by atoms with Crippen molar-refractivity contribution in [1.82, 2.24) is 5.32 Å². The van der Waals surface area contributed by atoms with Gasteiger partial charge in [0.1, 0.15) is 0 Å². The van der Waals surface area contributed by atoms with Crippen LogP contribution in [0.3, 0.4) is 0 Å². The summed E-state index contributed by atoms with van der Waals surface area (Å²) in [5.74, 6) is 1.42. The quantitative estimate of drug-likeness (QED) is 0.466. The highest BCUT2D eigenvalue weighted by molar-refractivity contribution is 5.78. The highest BCUT2D eigenvalue weighted by atomic mass is 15.1. The highest BCUT2D eigenvalue weighted by Gasteiger charge is 2.36. The average molecular weight is 155 g/mol. The van der Waals surface area contributed by atoms with E-state index in [1.165, 1.54) is 19.3 Å². The van der Waals surface area contributed by atoms with Crippen molar-refractivity contribution in [2.24, 2.45) is 16.6 Å². The van der Waals surface area contributed by atoms with Gasteiger partial charge in [0.2, 0.25) is 0 Å². The third-order valence-corrected chi connectivity index (χ3v) is 2.16. The largest absolute Gasteiger partial charge is 0.370 e. The summed E-state index contributed by atoms with van der Waals surface area (Å²) in [6, 6.07) is 0.610. The lowest BCUT2D eigenvalue weighted by Crippen LogP contribution is -2.33. The molecule has 0 aromatic heterocycles. The normalized spacial score (nSPS) is 30.2. The standard InChI is InChI=1S/C8H17N3/c1-3-4-6-5-7(6)11-8(9)10-2/h6-7H,3-5H2,1-2H3,(H3,9,10,11). The molecule has 0 bridgehead atoms. The van der Waals surface area contributed by atoms with Crippen LogP contribution in [0.5, 0.6) is 0 Å². The highest BCUT2D eigenvalue weighted by Crippen LogP contribution is 2.34. The zero-order valence-corrected chi connectivity index (χ0v) is 7.30. The van der Waals surface area contributed by atoms with E-state index >= 15 is 0 Å². The molecule has 0 radical (unpaired) electrons. The Morgan fingerprint density at radius 2 is 2.45 bits per heavy atom. The summed E-state index contributed by atoms with van der Waals surface area (Å²) in [5.41, 5.74) is 5.51. The molecule has 2 unspecified atom stereocenters. The van der Waals surface area contributed by atoms with E-state index in [2.05, 4.69) is 17.2 Å². The summed E-state index contributed by atoms with van der Waals surface area (Å²) in [6.07, 6.45) is 3.85. The summed E-state index contributed by atoms with van der Waals surface area (Å²) >= 11 is 0. The number of rotatable bonds is 3. The van der Waals surface area contributed by atoms with E-state index in [0.29, 0.717) is 12.0 Å². The first-order chi connectivity index (χ1) is 5.27. The van der Waals surface area contributed by atoms with Crippen LogP contribution in [0.15, 0.2) is 4.99 Å². The van der Waals surface area contributed by atoms with Gasteiger partial charge in [0.25, 0.3) is 0 Å². The molecule has 1 aliphatic carbocycles. The maximum Gasteiger partial charge on any atom is 0.188 e. The molecule has 3 heteroatoms. The van der Waals surface area contributed by atoms with E-state index in [9.17, 15) is 0 Å². The Morgan fingerprint density at radius 3 is 3.00 bits per heavy atom. The Kier molecular flexibility index (Phi) is 2.74. The number of guanidine groups is 1. The predicted octanol–water partition coefficient (Wildman–Crippen LogP) is 0.709. The van der Waals surface area contributed by atoms with Gasteiger partial charge in [0.15, 0.2) is 5.96 Å². The van der Waals surface area contributed by atoms with Gasteiger partial charge in [-0.05, 0) is 18.8 Å². The van der Waals surface area contributed by atoms with E-state index in [0.717, 1.165) is 5.92 Å². The summed E-state index contributed by atoms with van der Waals surface area (Å²) in [4.78, 5) is 3.85. The van der Waals surface area contributed by atoms with Gasteiger partial charge in [-0.2, -0.15) is 0 Å². The van der Waals surface area contributed by atoms with Crippen molar-refractivity contribution >= 4 is 5.96 Å². The van der Waals surface area contributed by atoms with Crippen molar-refractivity contribution < 1.29 is 0 Å². The molecule has 3 nitrogen and oxygen atoms in total. The van der Waals surface area contributed by atoms with Crippen LogP contribution < -0.4 is 11.1 Å². The fourth-order valence-corrected chi connectivity index (χ4v) is 1.37. The minimum absolute atomic E-state index is 0.577. The summed E-state index contributed by atoms with van der Waals surface area (Å²) in [6.45, 7) is 2.21. The predicted molar refractivity (Wildman–Crippen MR) is 47.5 cm³/mol. The van der Waals surface area contributed by atoms with E-state index in [4.69, 9.17) is 5.73 Å². The van der Waals surface area contributed by atoms with E-state index in [-0.39, 0.29) is 0 Å². The van der Waals surface area contributed by atoms with Gasteiger partial charge >= 0.3 is 0 Å². The fourth-order valence-electron chi connectivity index (χ4n) is 1.37. The molecule has 11 heavy (non-hydrogen) atoms. The van der Waals surface area contributed by atoms with E-state index < -0.39 is 0 Å². The lowest BCUT2D eigenvalue weighted by atomic mass is 10.2. The molecule has 0 spiro atoms. The smallest absolute Gasteiger partial charge is 0.188 e. The van der Waals surface area contributed by atoms with E-state index in [1.54, 1.807) is 7.05 Å². The van der Waals surface area contributed by atoms with Gasteiger partial charge in [-0.15, -0.1) is 0 Å². The molecule has 0 aromatic carbocycles. The third kappa shape index (κ3) is 2.41. The Hall–Kier alpha value is -0.730. The number of nitrogens with two attached hydrogens (primary N) is 1. The summed E-state index contributed by atoms with van der Waals surface area (Å²) in [7, 11) is 1.71. The van der Waals surface area contributed by atoms with Gasteiger partial charge in [0.05, 0.1) is 0 Å². The molecule has 1 rings (SSSR count). The zero-order chi connectivity index (χ0) is 8.27. The molecular formula is C8H17N3. The monoisotopic (exact) mass is 155 g/mol. The Balaban J connectivity index is 2.13. The maximum absolute atomic E-state index is 5.51. The number of hydrogen-bond acceptors (Lipinski definition) is 1. The van der Waals surface area contributed by atoms with Crippen molar-refractivity contribution in [3.8, 4) is 0 Å². The van der Waals surface area contributed by atoms with Crippen LogP contribution in [0.1, 0.15) is 26.2 Å². The Labute approximate surface area is 68.1 Å². The minimum atomic E-state index is 0.577. The molecule has 0 aromatic rings. The van der Waals surface area contributed by atoms with Crippen LogP contribution in [0.2, 0.25) is 0 Å². The summed E-state index contributed by atoms with van der Waals surface area (Å²) in [5, 5.41) is 3.17. The van der Waals surface area contributed by atoms with Crippen molar-refractivity contribution in [2.45, 2.75) is 32.2 Å². The first kappa shape index (κ1) is 8.37. The molecule has 0 amide bonds. The van der Waals surface area contributed by atoms with Gasteiger partial charge in [-0.3, -0.25) is 4.99 Å². The molecule has 1 aliphatic rings. The molecule has 2 atom stereocenters. The molecule has 0 saturated heterocycles. The number of aliphatic imine (C=N–C) groups is 1. The van der Waals surface area contributed by atoms with Gasteiger partial charge < -0.3 is 11.1 Å². The van der Waals surface area contributed by atoms with E-state index in [1.807, 2.05) is 0 Å². The zero-order valence-electron chi connectivity index (χ0n) is 7.30. The summed E-state index contributed by atoms with van der Waals surface area (Å²) < 4.78 is 0. The minimum Gasteiger partial charge on any atom is -0.370 e. The molecular weight excluding hydrogens is 138 g/mol. The number of hydrogen-bond donors (Lipinski definition) is 2. The van der Waals surface area contributed by atoms with Crippen LogP contribution in [-0.2, 0) is 0 Å². The van der Waals surface area contributed by atoms with Crippen LogP contribution in [0.25, 0.3) is 0 Å². The first-order valence-corrected chi connectivity index (χ1v) is 4.26. The van der Waals surface area contributed by atoms with Crippen LogP contribution in [0.4, 0.5) is 0 Å². The molecule has 1 fully saturated rings. The van der Waals surface area contributed by atoms with Crippen LogP contribution >= 0.6 is 0 Å². The maximum atomic E-state index is 5.51. The van der Waals surface area contributed by atoms with Crippen molar-refractivity contribution in [3.05, 3.63) is 0 Å².